The largest absolute Gasteiger partial charge is 0.397 e. The summed E-state index contributed by atoms with van der Waals surface area (Å²) >= 11 is 1.52. The van der Waals surface area contributed by atoms with Gasteiger partial charge in [0.25, 0.3) is 0 Å². The molecule has 1 aromatic carbocycles. The van der Waals surface area contributed by atoms with Crippen molar-refractivity contribution in [2.24, 2.45) is 7.05 Å². The molecule has 86 valence electrons. The lowest BCUT2D eigenvalue weighted by atomic mass is 10.2. The first-order valence-corrected chi connectivity index (χ1v) is 5.90. The molecule has 2 aromatic rings. The van der Waals surface area contributed by atoms with Gasteiger partial charge in [0.15, 0.2) is 0 Å². The topological polar surface area (TPSA) is 67.6 Å². The minimum Gasteiger partial charge on any atom is -0.397 e. The second-order valence-corrected chi connectivity index (χ2v) is 4.74. The molecule has 0 radical (unpaired) electrons. The monoisotopic (exact) mass is 244 g/mol. The normalized spacial score (nSPS) is 10.2. The van der Waals surface area contributed by atoms with Gasteiger partial charge in [0.2, 0.25) is 0 Å². The van der Waals surface area contributed by atoms with Gasteiger partial charge >= 0.3 is 0 Å². The first-order valence-electron chi connectivity index (χ1n) is 5.09. The van der Waals surface area contributed by atoms with E-state index in [0.29, 0.717) is 11.3 Å². The smallest absolute Gasteiger partial charge is 0.101 e. The number of nitriles is 1. The highest BCUT2D eigenvalue weighted by Crippen LogP contribution is 2.33. The molecule has 0 bridgehead atoms. The molecule has 0 aliphatic carbocycles. The Kier molecular flexibility index (Phi) is 3.07. The van der Waals surface area contributed by atoms with Gasteiger partial charge in [0, 0.05) is 11.9 Å². The second-order valence-electron chi connectivity index (χ2n) is 3.68. The summed E-state index contributed by atoms with van der Waals surface area (Å²) in [5.74, 6) is 0. The van der Waals surface area contributed by atoms with Crippen molar-refractivity contribution in [3.05, 3.63) is 35.5 Å². The maximum atomic E-state index is 8.91. The quantitative estimate of drug-likeness (QED) is 0.823. The average molecular weight is 244 g/mol. The van der Waals surface area contributed by atoms with Crippen molar-refractivity contribution < 1.29 is 0 Å². The highest BCUT2D eigenvalue weighted by molar-refractivity contribution is 7.99. The number of nitrogens with two attached hydrogens (primary N) is 1. The van der Waals surface area contributed by atoms with Crippen LogP contribution in [0.3, 0.4) is 0 Å². The maximum absolute atomic E-state index is 8.91. The third-order valence-corrected chi connectivity index (χ3v) is 3.53. The van der Waals surface area contributed by atoms with Crippen LogP contribution < -0.4 is 5.73 Å². The highest BCUT2D eigenvalue weighted by atomic mass is 32.2. The van der Waals surface area contributed by atoms with E-state index >= 15 is 0 Å². The summed E-state index contributed by atoms with van der Waals surface area (Å²) < 4.78 is 1.80. The fourth-order valence-electron chi connectivity index (χ4n) is 1.53. The number of aryl methyl sites for hydroxylation is 2. The minimum atomic E-state index is 0.508. The van der Waals surface area contributed by atoms with Crippen LogP contribution in [-0.4, -0.2) is 9.78 Å². The zero-order valence-corrected chi connectivity index (χ0v) is 10.5. The molecule has 0 aliphatic heterocycles. The Morgan fingerprint density at radius 3 is 2.82 bits per heavy atom. The molecule has 0 amide bonds. The maximum Gasteiger partial charge on any atom is 0.101 e. The number of benzene rings is 1. The first-order chi connectivity index (χ1) is 8.11. The van der Waals surface area contributed by atoms with Crippen LogP contribution in [0.2, 0.25) is 0 Å². The third-order valence-electron chi connectivity index (χ3n) is 2.36. The fourth-order valence-corrected chi connectivity index (χ4v) is 2.52. The van der Waals surface area contributed by atoms with Gasteiger partial charge in [-0.1, -0.05) is 17.8 Å². The molecule has 0 aliphatic rings. The SMILES string of the molecule is Cc1cc(Sc2cccc(C#N)c2N)n(C)n1. The summed E-state index contributed by atoms with van der Waals surface area (Å²) in [6.45, 7) is 1.94. The van der Waals surface area contributed by atoms with E-state index < -0.39 is 0 Å². The van der Waals surface area contributed by atoms with E-state index in [1.54, 1.807) is 10.7 Å². The molecule has 4 nitrogen and oxygen atoms in total. The van der Waals surface area contributed by atoms with Crippen LogP contribution in [-0.2, 0) is 7.05 Å². The molecular weight excluding hydrogens is 232 g/mol. The lowest BCUT2D eigenvalue weighted by Crippen LogP contribution is -1.95. The number of nitrogens with zero attached hydrogens (tertiary/aromatic N) is 3. The number of nitrogen functional groups attached to an aromatic ring is 1. The van der Waals surface area contributed by atoms with E-state index in [0.717, 1.165) is 15.6 Å². The lowest BCUT2D eigenvalue weighted by Gasteiger charge is -2.06. The van der Waals surface area contributed by atoms with E-state index in [4.69, 9.17) is 11.0 Å². The molecule has 17 heavy (non-hydrogen) atoms. The molecule has 0 saturated carbocycles. The van der Waals surface area contributed by atoms with Crippen LogP contribution >= 0.6 is 11.8 Å². The number of anilines is 1. The molecule has 1 aromatic heterocycles. The van der Waals surface area contributed by atoms with Crippen molar-refractivity contribution in [2.45, 2.75) is 16.8 Å². The van der Waals surface area contributed by atoms with E-state index in [1.807, 2.05) is 32.2 Å². The van der Waals surface area contributed by atoms with Crippen LogP contribution in [0.15, 0.2) is 34.2 Å². The molecule has 0 atom stereocenters. The van der Waals surface area contributed by atoms with Crippen molar-refractivity contribution >= 4 is 17.4 Å². The molecule has 1 heterocycles. The molecule has 0 saturated heterocycles. The molecular formula is C12H12N4S. The van der Waals surface area contributed by atoms with Gasteiger partial charge in [-0.2, -0.15) is 10.4 Å². The predicted molar refractivity (Wildman–Crippen MR) is 67.6 cm³/mol. The van der Waals surface area contributed by atoms with E-state index in [9.17, 15) is 0 Å². The summed E-state index contributed by atoms with van der Waals surface area (Å²) in [6, 6.07) is 9.53. The van der Waals surface area contributed by atoms with Crippen molar-refractivity contribution in [1.82, 2.24) is 9.78 Å². The number of hydrogen-bond donors (Lipinski definition) is 1. The van der Waals surface area contributed by atoms with Crippen molar-refractivity contribution in [2.75, 3.05) is 5.73 Å². The first kappa shape index (κ1) is 11.6. The highest BCUT2D eigenvalue weighted by Gasteiger charge is 2.09. The Bertz CT molecular complexity index is 595. The van der Waals surface area contributed by atoms with Crippen LogP contribution in [0.5, 0.6) is 0 Å². The van der Waals surface area contributed by atoms with Gasteiger partial charge in [0.1, 0.15) is 6.07 Å². The van der Waals surface area contributed by atoms with Gasteiger partial charge in [-0.15, -0.1) is 0 Å². The van der Waals surface area contributed by atoms with Gasteiger partial charge in [-0.25, -0.2) is 0 Å². The molecule has 2 rings (SSSR count). The van der Waals surface area contributed by atoms with Crippen molar-refractivity contribution in [1.29, 1.82) is 5.26 Å². The van der Waals surface area contributed by atoms with E-state index in [2.05, 4.69) is 11.2 Å². The number of aromatic nitrogens is 2. The second kappa shape index (κ2) is 4.52. The summed E-state index contributed by atoms with van der Waals surface area (Å²) in [7, 11) is 1.89. The van der Waals surface area contributed by atoms with Gasteiger partial charge in [-0.3, -0.25) is 4.68 Å². The predicted octanol–water partition coefficient (Wildman–Crippen LogP) is 2.33. The summed E-state index contributed by atoms with van der Waals surface area (Å²) in [5.41, 5.74) is 7.92. The Labute approximate surface area is 104 Å². The Morgan fingerprint density at radius 2 is 2.24 bits per heavy atom. The number of rotatable bonds is 2. The Hall–Kier alpha value is -1.93. The number of para-hydroxylation sites is 1. The molecule has 0 spiro atoms. The van der Waals surface area contributed by atoms with Crippen LogP contribution in [0, 0.1) is 18.3 Å². The zero-order valence-electron chi connectivity index (χ0n) is 9.64. The number of hydrogen-bond acceptors (Lipinski definition) is 4. The third kappa shape index (κ3) is 2.27. The minimum absolute atomic E-state index is 0.508. The van der Waals surface area contributed by atoms with Gasteiger partial charge in [-0.05, 0) is 25.1 Å². The standard InChI is InChI=1S/C12H12N4S/c1-8-6-11(16(2)15-8)17-10-5-3-4-9(7-13)12(10)14/h3-6H,14H2,1-2H3. The van der Waals surface area contributed by atoms with Crippen LogP contribution in [0.1, 0.15) is 11.3 Å². The molecule has 5 heteroatoms. The Balaban J connectivity index is 2.37. The van der Waals surface area contributed by atoms with Crippen molar-refractivity contribution in [3.63, 3.8) is 0 Å². The van der Waals surface area contributed by atoms with Crippen molar-refractivity contribution in [3.8, 4) is 6.07 Å². The van der Waals surface area contributed by atoms with E-state index in [1.165, 1.54) is 11.8 Å². The summed E-state index contributed by atoms with van der Waals surface area (Å²) in [4.78, 5) is 0.882. The van der Waals surface area contributed by atoms with Gasteiger partial charge < -0.3 is 5.73 Å². The van der Waals surface area contributed by atoms with E-state index in [-0.39, 0.29) is 0 Å². The fraction of sp³-hybridized carbons (Fsp3) is 0.167. The molecule has 0 fully saturated rings. The van der Waals surface area contributed by atoms with Crippen LogP contribution in [0.4, 0.5) is 5.69 Å². The average Bonchev–Trinajstić information content (AvgIpc) is 2.60. The summed E-state index contributed by atoms with van der Waals surface area (Å²) in [5, 5.41) is 14.2. The molecule has 0 unspecified atom stereocenters. The zero-order chi connectivity index (χ0) is 12.4. The van der Waals surface area contributed by atoms with Crippen LogP contribution in [0.25, 0.3) is 0 Å². The lowest BCUT2D eigenvalue weighted by molar-refractivity contribution is 0.692. The summed E-state index contributed by atoms with van der Waals surface area (Å²) in [6.07, 6.45) is 0. The Morgan fingerprint density at radius 1 is 1.47 bits per heavy atom. The molecule has 2 N–H and O–H groups in total. The van der Waals surface area contributed by atoms with Gasteiger partial charge in [0.05, 0.1) is 22.0 Å².